The van der Waals surface area contributed by atoms with Crippen molar-refractivity contribution in [2.45, 2.75) is 33.3 Å². The Morgan fingerprint density at radius 2 is 2.00 bits per heavy atom. The lowest BCUT2D eigenvalue weighted by atomic mass is 10.0. The first-order chi connectivity index (χ1) is 9.06. The van der Waals surface area contributed by atoms with E-state index in [9.17, 15) is 4.79 Å². The fourth-order valence-corrected chi connectivity index (χ4v) is 2.53. The zero-order valence-corrected chi connectivity index (χ0v) is 13.1. The lowest BCUT2D eigenvalue weighted by Gasteiger charge is -2.23. The maximum atomic E-state index is 12.1. The highest BCUT2D eigenvalue weighted by molar-refractivity contribution is 5.92. The molecule has 1 heterocycles. The highest BCUT2D eigenvalue weighted by Gasteiger charge is 2.18. The zero-order chi connectivity index (χ0) is 13.8. The first kappa shape index (κ1) is 17.0. The standard InChI is InChI=1S/C15H22N2O2.ClH/c1-10-6-11(2)15(12(3)7-10)17-14(18)8-13-9-16-4-5-19-13;/h6-7,13,16H,4-5,8-9H2,1-3H3,(H,17,18);1H. The van der Waals surface area contributed by atoms with Crippen LogP contribution in [0.2, 0.25) is 0 Å². The molecule has 0 radical (unpaired) electrons. The van der Waals surface area contributed by atoms with E-state index in [1.165, 1.54) is 5.56 Å². The molecule has 1 aromatic carbocycles. The number of benzene rings is 1. The second-order valence-electron chi connectivity index (χ2n) is 5.22. The van der Waals surface area contributed by atoms with Gasteiger partial charge in [-0.3, -0.25) is 4.79 Å². The number of amides is 1. The second kappa shape index (κ2) is 7.62. The number of ether oxygens (including phenoxy) is 1. The number of hydrogen-bond acceptors (Lipinski definition) is 3. The summed E-state index contributed by atoms with van der Waals surface area (Å²) in [5, 5.41) is 6.24. The third-order valence-corrected chi connectivity index (χ3v) is 3.36. The Labute approximate surface area is 126 Å². The van der Waals surface area contributed by atoms with Crippen molar-refractivity contribution in [1.82, 2.24) is 5.32 Å². The molecule has 1 saturated heterocycles. The molecule has 0 aliphatic carbocycles. The number of morpholine rings is 1. The van der Waals surface area contributed by atoms with Crippen LogP contribution < -0.4 is 10.6 Å². The van der Waals surface area contributed by atoms with Crippen LogP contribution in [0.15, 0.2) is 12.1 Å². The predicted molar refractivity (Wildman–Crippen MR) is 83.8 cm³/mol. The topological polar surface area (TPSA) is 50.4 Å². The minimum Gasteiger partial charge on any atom is -0.375 e. The van der Waals surface area contributed by atoms with Gasteiger partial charge in [-0.25, -0.2) is 0 Å². The Balaban J connectivity index is 0.00000200. The van der Waals surface area contributed by atoms with Crippen molar-refractivity contribution in [2.24, 2.45) is 0 Å². The van der Waals surface area contributed by atoms with Gasteiger partial charge in [0, 0.05) is 18.8 Å². The second-order valence-corrected chi connectivity index (χ2v) is 5.22. The van der Waals surface area contributed by atoms with Crippen molar-refractivity contribution in [3.63, 3.8) is 0 Å². The maximum absolute atomic E-state index is 12.1. The summed E-state index contributed by atoms with van der Waals surface area (Å²) in [6.07, 6.45) is 0.388. The molecular weight excluding hydrogens is 276 g/mol. The number of carbonyl (C=O) groups excluding carboxylic acids is 1. The van der Waals surface area contributed by atoms with Crippen molar-refractivity contribution in [3.8, 4) is 0 Å². The first-order valence-corrected chi connectivity index (χ1v) is 6.76. The van der Waals surface area contributed by atoms with Gasteiger partial charge in [0.1, 0.15) is 0 Å². The minimum absolute atomic E-state index is 0. The van der Waals surface area contributed by atoms with Crippen molar-refractivity contribution >= 4 is 24.0 Å². The van der Waals surface area contributed by atoms with E-state index < -0.39 is 0 Å². The normalized spacial score (nSPS) is 18.2. The monoisotopic (exact) mass is 298 g/mol. The molecule has 0 aromatic heterocycles. The average molecular weight is 299 g/mol. The van der Waals surface area contributed by atoms with E-state index in [1.807, 2.05) is 13.8 Å². The van der Waals surface area contributed by atoms with E-state index in [0.717, 1.165) is 29.9 Å². The van der Waals surface area contributed by atoms with Gasteiger partial charge in [0.05, 0.1) is 19.1 Å². The molecule has 0 saturated carbocycles. The third-order valence-electron chi connectivity index (χ3n) is 3.36. The molecule has 1 aliphatic heterocycles. The van der Waals surface area contributed by atoms with Crippen LogP contribution in [0.4, 0.5) is 5.69 Å². The number of aryl methyl sites for hydroxylation is 3. The van der Waals surface area contributed by atoms with Gasteiger partial charge in [0.25, 0.3) is 0 Å². The van der Waals surface area contributed by atoms with Crippen molar-refractivity contribution < 1.29 is 9.53 Å². The SMILES string of the molecule is Cc1cc(C)c(NC(=O)CC2CNCCO2)c(C)c1.Cl. The summed E-state index contributed by atoms with van der Waals surface area (Å²) in [4.78, 5) is 12.1. The third kappa shape index (κ3) is 4.47. The van der Waals surface area contributed by atoms with Crippen LogP contribution in [-0.2, 0) is 9.53 Å². The number of carbonyl (C=O) groups is 1. The Bertz CT molecular complexity index is 448. The van der Waals surface area contributed by atoms with Crippen LogP contribution in [0.3, 0.4) is 0 Å². The largest absolute Gasteiger partial charge is 0.375 e. The highest BCUT2D eigenvalue weighted by atomic mass is 35.5. The number of hydrogen-bond donors (Lipinski definition) is 2. The molecular formula is C15H23ClN2O2. The summed E-state index contributed by atoms with van der Waals surface area (Å²) in [5.41, 5.74) is 4.36. The quantitative estimate of drug-likeness (QED) is 0.900. The van der Waals surface area contributed by atoms with E-state index in [1.54, 1.807) is 0 Å². The smallest absolute Gasteiger partial charge is 0.227 e. The lowest BCUT2D eigenvalue weighted by Crippen LogP contribution is -2.40. The summed E-state index contributed by atoms with van der Waals surface area (Å²) in [5.74, 6) is 0.0174. The van der Waals surface area contributed by atoms with Gasteiger partial charge < -0.3 is 15.4 Å². The zero-order valence-electron chi connectivity index (χ0n) is 12.3. The van der Waals surface area contributed by atoms with E-state index in [-0.39, 0.29) is 24.4 Å². The molecule has 4 nitrogen and oxygen atoms in total. The van der Waals surface area contributed by atoms with E-state index in [4.69, 9.17) is 4.74 Å². The molecule has 20 heavy (non-hydrogen) atoms. The first-order valence-electron chi connectivity index (χ1n) is 6.76. The van der Waals surface area contributed by atoms with Gasteiger partial charge in [-0.15, -0.1) is 12.4 Å². The Kier molecular flexibility index (Phi) is 6.46. The summed E-state index contributed by atoms with van der Waals surface area (Å²) < 4.78 is 5.54. The van der Waals surface area contributed by atoms with E-state index in [2.05, 4.69) is 29.7 Å². The van der Waals surface area contributed by atoms with Gasteiger partial charge in [0.2, 0.25) is 5.91 Å². The molecule has 0 spiro atoms. The van der Waals surface area contributed by atoms with Crippen LogP contribution in [0.1, 0.15) is 23.1 Å². The molecule has 112 valence electrons. The van der Waals surface area contributed by atoms with Crippen LogP contribution >= 0.6 is 12.4 Å². The number of halogens is 1. The molecule has 0 bridgehead atoms. The molecule has 5 heteroatoms. The summed E-state index contributed by atoms with van der Waals surface area (Å²) in [6.45, 7) is 8.41. The van der Waals surface area contributed by atoms with Gasteiger partial charge in [-0.2, -0.15) is 0 Å². The molecule has 2 N–H and O–H groups in total. The summed E-state index contributed by atoms with van der Waals surface area (Å²) in [7, 11) is 0. The van der Waals surface area contributed by atoms with Gasteiger partial charge in [-0.05, 0) is 31.9 Å². The lowest BCUT2D eigenvalue weighted by molar-refractivity contribution is -0.119. The highest BCUT2D eigenvalue weighted by Crippen LogP contribution is 2.22. The number of nitrogens with one attached hydrogen (secondary N) is 2. The Morgan fingerprint density at radius 3 is 2.55 bits per heavy atom. The maximum Gasteiger partial charge on any atom is 0.227 e. The molecule has 1 amide bonds. The van der Waals surface area contributed by atoms with Gasteiger partial charge in [-0.1, -0.05) is 17.7 Å². The van der Waals surface area contributed by atoms with Crippen LogP contribution in [0, 0.1) is 20.8 Å². The molecule has 1 aliphatic rings. The van der Waals surface area contributed by atoms with Crippen molar-refractivity contribution in [3.05, 3.63) is 28.8 Å². The Hall–Kier alpha value is -1.10. The minimum atomic E-state index is -0.0141. The molecule has 1 fully saturated rings. The average Bonchev–Trinajstić information content (AvgIpc) is 2.35. The van der Waals surface area contributed by atoms with Gasteiger partial charge in [0.15, 0.2) is 0 Å². The van der Waals surface area contributed by atoms with Crippen LogP contribution in [0.5, 0.6) is 0 Å². The fraction of sp³-hybridized carbons (Fsp3) is 0.533. The van der Waals surface area contributed by atoms with Crippen LogP contribution in [-0.4, -0.2) is 31.7 Å². The van der Waals surface area contributed by atoms with Crippen molar-refractivity contribution in [2.75, 3.05) is 25.0 Å². The molecule has 2 rings (SSSR count). The molecule has 1 atom stereocenters. The predicted octanol–water partition coefficient (Wildman–Crippen LogP) is 2.35. The van der Waals surface area contributed by atoms with Crippen molar-refractivity contribution in [1.29, 1.82) is 0 Å². The van der Waals surface area contributed by atoms with Crippen LogP contribution in [0.25, 0.3) is 0 Å². The summed E-state index contributed by atoms with van der Waals surface area (Å²) >= 11 is 0. The van der Waals surface area contributed by atoms with E-state index >= 15 is 0 Å². The fourth-order valence-electron chi connectivity index (χ4n) is 2.53. The molecule has 1 unspecified atom stereocenters. The van der Waals surface area contributed by atoms with Gasteiger partial charge >= 0.3 is 0 Å². The Morgan fingerprint density at radius 1 is 1.35 bits per heavy atom. The van der Waals surface area contributed by atoms with E-state index in [0.29, 0.717) is 13.0 Å². The molecule has 1 aromatic rings. The number of rotatable bonds is 3. The number of anilines is 1. The summed E-state index contributed by atoms with van der Waals surface area (Å²) in [6, 6.07) is 4.17.